The number of morpholine rings is 1. The molecule has 1 amide bonds. The van der Waals surface area contributed by atoms with Crippen molar-refractivity contribution in [3.8, 4) is 11.3 Å². The molecule has 2 heterocycles. The second kappa shape index (κ2) is 7.86. The topological polar surface area (TPSA) is 64.8 Å². The number of carbonyl (C=O) groups excluding carboxylic acids is 1. The molecule has 1 atom stereocenters. The highest BCUT2D eigenvalue weighted by Crippen LogP contribution is 2.34. The molecule has 0 aliphatic carbocycles. The maximum absolute atomic E-state index is 13.9. The molecule has 1 saturated heterocycles. The summed E-state index contributed by atoms with van der Waals surface area (Å²) >= 11 is 6.28. The molecule has 0 bridgehead atoms. The van der Waals surface area contributed by atoms with Crippen molar-refractivity contribution in [2.75, 3.05) is 19.7 Å². The van der Waals surface area contributed by atoms with Crippen LogP contribution in [0.25, 0.3) is 11.3 Å². The summed E-state index contributed by atoms with van der Waals surface area (Å²) in [6, 6.07) is 5.28. The Morgan fingerprint density at radius 3 is 2.89 bits per heavy atom. The van der Waals surface area contributed by atoms with Gasteiger partial charge in [0.05, 0.1) is 24.3 Å². The first-order valence-electron chi connectivity index (χ1n) is 8.71. The van der Waals surface area contributed by atoms with Crippen molar-refractivity contribution >= 4 is 17.7 Å². The molecule has 1 aromatic carbocycles. The number of hydrogen-bond acceptors (Lipinski definition) is 5. The van der Waals surface area contributed by atoms with Gasteiger partial charge in [-0.25, -0.2) is 4.79 Å². The van der Waals surface area contributed by atoms with E-state index in [0.717, 1.165) is 12.0 Å². The van der Waals surface area contributed by atoms with Gasteiger partial charge in [0.1, 0.15) is 5.60 Å². The Kier molecular flexibility index (Phi) is 5.72. The fourth-order valence-corrected chi connectivity index (χ4v) is 3.25. The highest BCUT2D eigenvalue weighted by atomic mass is 35.5. The van der Waals surface area contributed by atoms with Crippen molar-refractivity contribution < 1.29 is 23.1 Å². The summed E-state index contributed by atoms with van der Waals surface area (Å²) in [6.07, 6.45) is 0.840. The van der Waals surface area contributed by atoms with Gasteiger partial charge >= 0.3 is 6.09 Å². The standard InChI is InChI=1S/C19H22ClFN2O4/c1-19(2,3)27-18(24)23-7-8-25-13(10-23)9-12-5-4-6-14(20)15(12)16-17(21)22-11-26-16/h4-6,11,13H,7-10H2,1-3H3/t13-/m1/s1. The third kappa shape index (κ3) is 4.78. The Morgan fingerprint density at radius 1 is 1.44 bits per heavy atom. The molecule has 0 unspecified atom stereocenters. The fourth-order valence-electron chi connectivity index (χ4n) is 2.97. The minimum Gasteiger partial charge on any atom is -0.444 e. The van der Waals surface area contributed by atoms with Gasteiger partial charge in [-0.1, -0.05) is 23.7 Å². The van der Waals surface area contributed by atoms with Gasteiger partial charge in [0.25, 0.3) is 5.95 Å². The van der Waals surface area contributed by atoms with Crippen LogP contribution >= 0.6 is 11.6 Å². The van der Waals surface area contributed by atoms with E-state index in [-0.39, 0.29) is 18.0 Å². The molecule has 1 aliphatic rings. The summed E-state index contributed by atoms with van der Waals surface area (Å²) in [5.74, 6) is -0.722. The van der Waals surface area contributed by atoms with E-state index in [1.54, 1.807) is 17.0 Å². The summed E-state index contributed by atoms with van der Waals surface area (Å²) in [5, 5.41) is 0.364. The fraction of sp³-hybridized carbons (Fsp3) is 0.474. The van der Waals surface area contributed by atoms with Crippen LogP contribution in [0.3, 0.4) is 0 Å². The van der Waals surface area contributed by atoms with Gasteiger partial charge in [-0.15, -0.1) is 0 Å². The van der Waals surface area contributed by atoms with Crippen molar-refractivity contribution in [3.63, 3.8) is 0 Å². The second-order valence-corrected chi connectivity index (χ2v) is 7.78. The van der Waals surface area contributed by atoms with Crippen LogP contribution in [0.1, 0.15) is 26.3 Å². The highest BCUT2D eigenvalue weighted by Gasteiger charge is 2.29. The lowest BCUT2D eigenvalue weighted by Gasteiger charge is -2.34. The summed E-state index contributed by atoms with van der Waals surface area (Å²) < 4.78 is 30.3. The summed E-state index contributed by atoms with van der Waals surface area (Å²) in [5.41, 5.74) is 0.649. The largest absolute Gasteiger partial charge is 0.444 e. The molecule has 0 spiro atoms. The normalized spacial score (nSPS) is 17.8. The average molecular weight is 397 g/mol. The monoisotopic (exact) mass is 396 g/mol. The van der Waals surface area contributed by atoms with Crippen molar-refractivity contribution in [2.45, 2.75) is 38.9 Å². The first kappa shape index (κ1) is 19.6. The number of halogens is 2. The van der Waals surface area contributed by atoms with E-state index in [1.165, 1.54) is 0 Å². The number of rotatable bonds is 3. The number of aromatic nitrogens is 1. The van der Waals surface area contributed by atoms with Crippen LogP contribution in [0.4, 0.5) is 9.18 Å². The summed E-state index contributed by atoms with van der Waals surface area (Å²) in [7, 11) is 0. The molecule has 1 fully saturated rings. The minimum atomic E-state index is -0.718. The molecule has 0 saturated carbocycles. The van der Waals surface area contributed by atoms with Crippen LogP contribution in [-0.2, 0) is 15.9 Å². The maximum Gasteiger partial charge on any atom is 0.410 e. The predicted molar refractivity (Wildman–Crippen MR) is 98.2 cm³/mol. The molecule has 0 N–H and O–H groups in total. The molecule has 0 radical (unpaired) electrons. The molecule has 1 aromatic heterocycles. The second-order valence-electron chi connectivity index (χ2n) is 7.37. The van der Waals surface area contributed by atoms with E-state index in [0.29, 0.717) is 36.7 Å². The van der Waals surface area contributed by atoms with Crippen LogP contribution in [0.2, 0.25) is 5.02 Å². The molecule has 8 heteroatoms. The number of hydrogen-bond donors (Lipinski definition) is 0. The molecule has 6 nitrogen and oxygen atoms in total. The number of oxazole rings is 1. The number of nitrogens with zero attached hydrogens (tertiary/aromatic N) is 2. The van der Waals surface area contributed by atoms with Crippen molar-refractivity contribution in [3.05, 3.63) is 41.1 Å². The molecule has 2 aromatic rings. The number of ether oxygens (including phenoxy) is 2. The smallest absolute Gasteiger partial charge is 0.410 e. The van der Waals surface area contributed by atoms with Crippen molar-refractivity contribution in [2.24, 2.45) is 0 Å². The molecular formula is C19H22ClFN2O4. The first-order chi connectivity index (χ1) is 12.7. The van der Waals surface area contributed by atoms with E-state index in [2.05, 4.69) is 4.98 Å². The van der Waals surface area contributed by atoms with Crippen molar-refractivity contribution in [1.82, 2.24) is 9.88 Å². The van der Waals surface area contributed by atoms with E-state index < -0.39 is 11.5 Å². The Bertz CT molecular complexity index is 818. The lowest BCUT2D eigenvalue weighted by atomic mass is 9.99. The number of amides is 1. The zero-order chi connectivity index (χ0) is 19.6. The lowest BCUT2D eigenvalue weighted by Crippen LogP contribution is -2.48. The molecule has 1 aliphatic heterocycles. The number of benzene rings is 1. The van der Waals surface area contributed by atoms with Gasteiger partial charge in [-0.2, -0.15) is 9.37 Å². The van der Waals surface area contributed by atoms with Gasteiger partial charge in [-0.05, 0) is 32.4 Å². The van der Waals surface area contributed by atoms with E-state index in [4.69, 9.17) is 25.5 Å². The SMILES string of the molecule is CC(C)(C)OC(=O)N1CCO[C@H](Cc2cccc(Cl)c2-c2ocnc2F)C1. The Morgan fingerprint density at radius 2 is 2.22 bits per heavy atom. The van der Waals surface area contributed by atoms with Gasteiger partial charge < -0.3 is 18.8 Å². The maximum atomic E-state index is 13.9. The van der Waals surface area contributed by atoms with Gasteiger partial charge in [0.2, 0.25) is 0 Å². The third-order valence-electron chi connectivity index (χ3n) is 4.09. The van der Waals surface area contributed by atoms with Gasteiger partial charge in [-0.3, -0.25) is 0 Å². The van der Waals surface area contributed by atoms with Crippen LogP contribution in [-0.4, -0.2) is 47.4 Å². The lowest BCUT2D eigenvalue weighted by molar-refractivity contribution is -0.0414. The third-order valence-corrected chi connectivity index (χ3v) is 4.40. The Labute approximate surface area is 162 Å². The molecule has 146 valence electrons. The Balaban J connectivity index is 1.77. The molecular weight excluding hydrogens is 375 g/mol. The Hall–Kier alpha value is -2.12. The van der Waals surface area contributed by atoms with E-state index in [9.17, 15) is 9.18 Å². The average Bonchev–Trinajstić information content (AvgIpc) is 2.99. The zero-order valence-electron chi connectivity index (χ0n) is 15.5. The van der Waals surface area contributed by atoms with Crippen LogP contribution in [0.5, 0.6) is 0 Å². The number of carbonyl (C=O) groups is 1. The van der Waals surface area contributed by atoms with Crippen LogP contribution < -0.4 is 0 Å². The first-order valence-corrected chi connectivity index (χ1v) is 9.08. The summed E-state index contributed by atoms with van der Waals surface area (Å²) in [4.78, 5) is 17.4. The van der Waals surface area contributed by atoms with Crippen LogP contribution in [0.15, 0.2) is 29.0 Å². The van der Waals surface area contributed by atoms with Crippen molar-refractivity contribution in [1.29, 1.82) is 0 Å². The molecule has 3 rings (SSSR count). The van der Waals surface area contributed by atoms with Crippen LogP contribution in [0, 0.1) is 5.95 Å². The zero-order valence-corrected chi connectivity index (χ0v) is 16.3. The van der Waals surface area contributed by atoms with E-state index >= 15 is 0 Å². The minimum absolute atomic E-state index is 0.00425. The van der Waals surface area contributed by atoms with E-state index in [1.807, 2.05) is 26.8 Å². The highest BCUT2D eigenvalue weighted by molar-refractivity contribution is 6.33. The quantitative estimate of drug-likeness (QED) is 0.773. The van der Waals surface area contributed by atoms with Gasteiger partial charge in [0, 0.05) is 18.5 Å². The van der Waals surface area contributed by atoms with Gasteiger partial charge in [0.15, 0.2) is 12.2 Å². The molecule has 27 heavy (non-hydrogen) atoms. The predicted octanol–water partition coefficient (Wildman–Crippen LogP) is 4.31. The summed E-state index contributed by atoms with van der Waals surface area (Å²) in [6.45, 7) is 6.72.